The fraction of sp³-hybridized carbons (Fsp3) is 0.421. The molecule has 0 spiro atoms. The number of aromatic nitrogens is 4. The molecule has 28 heavy (non-hydrogen) atoms. The molecule has 0 aliphatic carbocycles. The lowest BCUT2D eigenvalue weighted by Gasteiger charge is -2.28. The lowest BCUT2D eigenvalue weighted by atomic mass is 10.1. The molecule has 2 aromatic heterocycles. The zero-order valence-electron chi connectivity index (χ0n) is 15.8. The summed E-state index contributed by atoms with van der Waals surface area (Å²) in [5.74, 6) is -0.823. The standard InChI is InChI=1S/C19H21F2N5O2/c1-23-16-15(17(27)24(2)19(23)28)26(11-12-6-7-13(20)10-14(12)21)18(22-16)25-8-4-3-5-9-25/h6-7,10H,3-5,8-9,11H2,1-2H3. The van der Waals surface area contributed by atoms with E-state index in [1.807, 2.05) is 0 Å². The first-order chi connectivity index (χ1) is 13.4. The molecule has 0 unspecified atom stereocenters. The van der Waals surface area contributed by atoms with Crippen LogP contribution in [0.15, 0.2) is 27.8 Å². The average molecular weight is 389 g/mol. The summed E-state index contributed by atoms with van der Waals surface area (Å²) >= 11 is 0. The maximum Gasteiger partial charge on any atom is 0.332 e. The van der Waals surface area contributed by atoms with Crippen molar-refractivity contribution in [3.63, 3.8) is 0 Å². The number of hydrogen-bond donors (Lipinski definition) is 0. The lowest BCUT2D eigenvalue weighted by Crippen LogP contribution is -2.37. The van der Waals surface area contributed by atoms with Crippen LogP contribution in [-0.2, 0) is 20.6 Å². The number of rotatable bonds is 3. The van der Waals surface area contributed by atoms with Crippen LogP contribution in [-0.4, -0.2) is 31.8 Å². The minimum atomic E-state index is -0.687. The van der Waals surface area contributed by atoms with Gasteiger partial charge in [0.15, 0.2) is 11.2 Å². The monoisotopic (exact) mass is 389 g/mol. The van der Waals surface area contributed by atoms with Gasteiger partial charge in [-0.1, -0.05) is 6.07 Å². The zero-order chi connectivity index (χ0) is 20.0. The maximum atomic E-state index is 14.3. The summed E-state index contributed by atoms with van der Waals surface area (Å²) in [6, 6.07) is 3.37. The largest absolute Gasteiger partial charge is 0.342 e. The number of aryl methyl sites for hydroxylation is 1. The molecular weight excluding hydrogens is 368 g/mol. The summed E-state index contributed by atoms with van der Waals surface area (Å²) in [6.07, 6.45) is 3.10. The van der Waals surface area contributed by atoms with Gasteiger partial charge in [-0.15, -0.1) is 0 Å². The first-order valence-corrected chi connectivity index (χ1v) is 9.23. The summed E-state index contributed by atoms with van der Waals surface area (Å²) in [5.41, 5.74) is -0.225. The molecule has 7 nitrogen and oxygen atoms in total. The van der Waals surface area contributed by atoms with E-state index in [9.17, 15) is 18.4 Å². The normalized spacial score (nSPS) is 14.8. The second-order valence-electron chi connectivity index (χ2n) is 7.16. The number of imidazole rings is 1. The Morgan fingerprint density at radius 1 is 1.04 bits per heavy atom. The summed E-state index contributed by atoms with van der Waals surface area (Å²) in [7, 11) is 2.96. The Hall–Kier alpha value is -2.97. The Kier molecular flexibility index (Phi) is 4.52. The van der Waals surface area contributed by atoms with E-state index >= 15 is 0 Å². The van der Waals surface area contributed by atoms with Crippen molar-refractivity contribution in [2.45, 2.75) is 25.8 Å². The molecule has 1 aliphatic rings. The number of piperidine rings is 1. The number of benzene rings is 1. The van der Waals surface area contributed by atoms with Gasteiger partial charge >= 0.3 is 5.69 Å². The summed E-state index contributed by atoms with van der Waals surface area (Å²) in [6.45, 7) is 1.55. The van der Waals surface area contributed by atoms with Crippen LogP contribution in [0.5, 0.6) is 0 Å². The summed E-state index contributed by atoms with van der Waals surface area (Å²) in [4.78, 5) is 31.8. The molecule has 9 heteroatoms. The van der Waals surface area contributed by atoms with Crippen molar-refractivity contribution in [2.75, 3.05) is 18.0 Å². The molecule has 0 bridgehead atoms. The zero-order valence-corrected chi connectivity index (χ0v) is 15.8. The van der Waals surface area contributed by atoms with Gasteiger partial charge < -0.3 is 4.90 Å². The van der Waals surface area contributed by atoms with E-state index < -0.39 is 22.9 Å². The van der Waals surface area contributed by atoms with Crippen LogP contribution < -0.4 is 16.1 Å². The third-order valence-corrected chi connectivity index (χ3v) is 5.31. The van der Waals surface area contributed by atoms with Gasteiger partial charge in [0, 0.05) is 38.8 Å². The van der Waals surface area contributed by atoms with E-state index in [1.54, 1.807) is 11.6 Å². The first kappa shape index (κ1) is 18.4. The molecule has 0 atom stereocenters. The van der Waals surface area contributed by atoms with Crippen molar-refractivity contribution in [2.24, 2.45) is 14.1 Å². The van der Waals surface area contributed by atoms with Crippen LogP contribution >= 0.6 is 0 Å². The summed E-state index contributed by atoms with van der Waals surface area (Å²) < 4.78 is 31.6. The minimum Gasteiger partial charge on any atom is -0.342 e. The smallest absolute Gasteiger partial charge is 0.332 e. The van der Waals surface area contributed by atoms with Crippen molar-refractivity contribution >= 4 is 17.1 Å². The van der Waals surface area contributed by atoms with Gasteiger partial charge in [0.05, 0.1) is 6.54 Å². The van der Waals surface area contributed by atoms with E-state index in [1.165, 1.54) is 23.7 Å². The van der Waals surface area contributed by atoms with Gasteiger partial charge in [0.1, 0.15) is 11.6 Å². The Morgan fingerprint density at radius 2 is 1.75 bits per heavy atom. The van der Waals surface area contributed by atoms with Crippen LogP contribution in [0, 0.1) is 11.6 Å². The van der Waals surface area contributed by atoms with E-state index in [4.69, 9.17) is 0 Å². The predicted molar refractivity (Wildman–Crippen MR) is 102 cm³/mol. The highest BCUT2D eigenvalue weighted by atomic mass is 19.1. The first-order valence-electron chi connectivity index (χ1n) is 9.23. The lowest BCUT2D eigenvalue weighted by molar-refractivity contribution is 0.551. The highest BCUT2D eigenvalue weighted by Gasteiger charge is 2.24. The Balaban J connectivity index is 1.97. The van der Waals surface area contributed by atoms with Crippen molar-refractivity contribution in [3.8, 4) is 0 Å². The molecule has 1 fully saturated rings. The van der Waals surface area contributed by atoms with Gasteiger partial charge in [-0.25, -0.2) is 13.6 Å². The van der Waals surface area contributed by atoms with Gasteiger partial charge in [-0.2, -0.15) is 4.98 Å². The van der Waals surface area contributed by atoms with Crippen molar-refractivity contribution < 1.29 is 8.78 Å². The number of halogens is 2. The molecule has 1 aromatic carbocycles. The van der Waals surface area contributed by atoms with Crippen molar-refractivity contribution in [1.82, 2.24) is 18.7 Å². The fourth-order valence-corrected chi connectivity index (χ4v) is 3.74. The molecule has 0 saturated carbocycles. The summed E-state index contributed by atoms with van der Waals surface area (Å²) in [5, 5.41) is 0. The number of anilines is 1. The number of hydrogen-bond acceptors (Lipinski definition) is 4. The second kappa shape index (κ2) is 6.88. The van der Waals surface area contributed by atoms with E-state index in [-0.39, 0.29) is 23.3 Å². The molecule has 0 amide bonds. The van der Waals surface area contributed by atoms with Crippen LogP contribution in [0.1, 0.15) is 24.8 Å². The van der Waals surface area contributed by atoms with Crippen LogP contribution in [0.2, 0.25) is 0 Å². The van der Waals surface area contributed by atoms with Crippen LogP contribution in [0.25, 0.3) is 11.2 Å². The van der Waals surface area contributed by atoms with Gasteiger partial charge in [-0.3, -0.25) is 18.5 Å². The predicted octanol–water partition coefficient (Wildman–Crippen LogP) is 1.75. The van der Waals surface area contributed by atoms with E-state index in [0.29, 0.717) is 5.95 Å². The molecule has 3 heterocycles. The molecule has 0 N–H and O–H groups in total. The number of fused-ring (bicyclic) bond motifs is 1. The van der Waals surface area contributed by atoms with Gasteiger partial charge in [0.25, 0.3) is 5.56 Å². The molecule has 1 aliphatic heterocycles. The van der Waals surface area contributed by atoms with Crippen LogP contribution in [0.4, 0.5) is 14.7 Å². The second-order valence-corrected chi connectivity index (χ2v) is 7.16. The molecule has 148 valence electrons. The third kappa shape index (κ3) is 2.90. The van der Waals surface area contributed by atoms with Gasteiger partial charge in [-0.05, 0) is 25.3 Å². The molecule has 3 aromatic rings. The molecule has 1 saturated heterocycles. The third-order valence-electron chi connectivity index (χ3n) is 5.31. The topological polar surface area (TPSA) is 65.1 Å². The maximum absolute atomic E-state index is 14.3. The van der Waals surface area contributed by atoms with Crippen molar-refractivity contribution in [1.29, 1.82) is 0 Å². The Bertz CT molecular complexity index is 1170. The Morgan fingerprint density at radius 3 is 2.43 bits per heavy atom. The van der Waals surface area contributed by atoms with Gasteiger partial charge in [0.2, 0.25) is 5.95 Å². The Labute approximate surface area is 159 Å². The highest BCUT2D eigenvalue weighted by Crippen LogP contribution is 2.25. The quantitative estimate of drug-likeness (QED) is 0.685. The van der Waals surface area contributed by atoms with Crippen LogP contribution in [0.3, 0.4) is 0 Å². The van der Waals surface area contributed by atoms with Crippen molar-refractivity contribution in [3.05, 3.63) is 56.2 Å². The SMILES string of the molecule is Cn1c(=O)c2c(nc(N3CCCCC3)n2Cc2ccc(F)cc2F)n(C)c1=O. The molecule has 0 radical (unpaired) electrons. The number of nitrogens with zero attached hydrogens (tertiary/aromatic N) is 5. The van der Waals surface area contributed by atoms with E-state index in [2.05, 4.69) is 9.88 Å². The minimum absolute atomic E-state index is 0.0158. The molecular formula is C19H21F2N5O2. The molecule has 4 rings (SSSR count). The fourth-order valence-electron chi connectivity index (χ4n) is 3.74. The van der Waals surface area contributed by atoms with E-state index in [0.717, 1.165) is 43.0 Å². The average Bonchev–Trinajstić information content (AvgIpc) is 3.07. The highest BCUT2D eigenvalue weighted by molar-refractivity contribution is 5.74.